The highest BCUT2D eigenvalue weighted by atomic mass is 16.6. The van der Waals surface area contributed by atoms with Crippen LogP contribution in [0.4, 0.5) is 9.59 Å². The van der Waals surface area contributed by atoms with Gasteiger partial charge in [0.2, 0.25) is 0 Å². The summed E-state index contributed by atoms with van der Waals surface area (Å²) >= 11 is 0. The fourth-order valence-corrected chi connectivity index (χ4v) is 5.78. The first-order valence-electron chi connectivity index (χ1n) is 15.9. The molecule has 2 aliphatic rings. The Morgan fingerprint density at radius 1 is 1.00 bits per heavy atom. The molecule has 0 spiro atoms. The van der Waals surface area contributed by atoms with Gasteiger partial charge in [-0.2, -0.15) is 0 Å². The first kappa shape index (κ1) is 32.5. The van der Waals surface area contributed by atoms with Crippen LogP contribution in [0.1, 0.15) is 71.8 Å². The second-order valence-corrected chi connectivity index (χ2v) is 11.7. The van der Waals surface area contributed by atoms with Gasteiger partial charge in [0.25, 0.3) is 5.91 Å². The van der Waals surface area contributed by atoms with Crippen LogP contribution in [0.15, 0.2) is 29.1 Å². The Morgan fingerprint density at radius 3 is 2.37 bits per heavy atom. The normalized spacial score (nSPS) is 17.9. The third-order valence-electron chi connectivity index (χ3n) is 8.25. The van der Waals surface area contributed by atoms with Gasteiger partial charge in [0, 0.05) is 44.9 Å². The minimum atomic E-state index is -0.380. The highest BCUT2D eigenvalue weighted by Crippen LogP contribution is 2.18. The predicted octanol–water partition coefficient (Wildman–Crippen LogP) is 3.33. The molecule has 2 aliphatic heterocycles. The number of nitrogens with zero attached hydrogens (tertiary/aromatic N) is 4. The molecule has 1 unspecified atom stereocenters. The molecular weight excluding hydrogens is 552 g/mol. The molecule has 4 rings (SSSR count). The Balaban J connectivity index is 1.07. The lowest BCUT2D eigenvalue weighted by molar-refractivity contribution is -0.142. The maximum atomic E-state index is 13.1. The Hall–Kier alpha value is -3.38. The Morgan fingerprint density at radius 2 is 1.70 bits per heavy atom. The smallest absolute Gasteiger partial charge is 0.409 e. The number of nitrogens with one attached hydrogen (secondary N) is 2. The van der Waals surface area contributed by atoms with Gasteiger partial charge in [-0.3, -0.25) is 9.36 Å². The summed E-state index contributed by atoms with van der Waals surface area (Å²) in [6.07, 6.45) is 5.27. The number of para-hydroxylation sites is 2. The van der Waals surface area contributed by atoms with E-state index in [0.717, 1.165) is 63.6 Å². The molecule has 0 radical (unpaired) electrons. The minimum absolute atomic E-state index is 0.0176. The molecule has 2 fully saturated rings. The van der Waals surface area contributed by atoms with Gasteiger partial charge in [-0.1, -0.05) is 25.5 Å². The van der Waals surface area contributed by atoms with Gasteiger partial charge < -0.3 is 29.9 Å². The molecular formula is C31H48N6O6. The molecule has 3 amide bonds. The zero-order valence-electron chi connectivity index (χ0n) is 25.9. The topological polar surface area (TPSA) is 127 Å². The summed E-state index contributed by atoms with van der Waals surface area (Å²) < 4.78 is 13.8. The fraction of sp³-hybridized carbons (Fsp3) is 0.677. The monoisotopic (exact) mass is 600 g/mol. The molecule has 2 saturated heterocycles. The summed E-state index contributed by atoms with van der Waals surface area (Å²) in [5, 5.41) is 6.44. The van der Waals surface area contributed by atoms with E-state index in [1.54, 1.807) is 20.4 Å². The number of aromatic nitrogens is 2. The average Bonchev–Trinajstić information content (AvgIpc) is 3.65. The molecule has 43 heavy (non-hydrogen) atoms. The van der Waals surface area contributed by atoms with Crippen molar-refractivity contribution >= 4 is 29.1 Å². The Kier molecular flexibility index (Phi) is 12.0. The first-order valence-corrected chi connectivity index (χ1v) is 15.9. The van der Waals surface area contributed by atoms with Gasteiger partial charge in [-0.05, 0) is 77.6 Å². The van der Waals surface area contributed by atoms with Crippen molar-refractivity contribution in [1.29, 1.82) is 0 Å². The number of rotatable bonds is 13. The van der Waals surface area contributed by atoms with Crippen molar-refractivity contribution in [2.45, 2.75) is 83.9 Å². The molecule has 12 nitrogen and oxygen atoms in total. The van der Waals surface area contributed by atoms with E-state index in [-0.39, 0.29) is 41.9 Å². The Labute approximate surface area is 253 Å². The van der Waals surface area contributed by atoms with Crippen LogP contribution in [0.3, 0.4) is 0 Å². The number of unbranched alkanes of at least 4 members (excludes halogenated alkanes) is 1. The molecule has 12 heteroatoms. The van der Waals surface area contributed by atoms with Gasteiger partial charge in [-0.15, -0.1) is 0 Å². The number of fused-ring (bicyclic) bond motifs is 1. The number of imidazole rings is 1. The van der Waals surface area contributed by atoms with Crippen LogP contribution in [0.25, 0.3) is 11.0 Å². The van der Waals surface area contributed by atoms with Crippen LogP contribution < -0.4 is 16.3 Å². The lowest BCUT2D eigenvalue weighted by atomic mass is 10.1. The van der Waals surface area contributed by atoms with E-state index in [1.165, 1.54) is 4.57 Å². The molecule has 0 aliphatic carbocycles. The summed E-state index contributed by atoms with van der Waals surface area (Å²) in [4.78, 5) is 54.5. The number of carbonyl (C=O) groups excluding carboxylic acids is 3. The van der Waals surface area contributed by atoms with E-state index in [4.69, 9.17) is 9.47 Å². The van der Waals surface area contributed by atoms with Gasteiger partial charge in [0.1, 0.15) is 6.10 Å². The first-order chi connectivity index (χ1) is 20.8. The molecule has 0 bridgehead atoms. The molecule has 1 aromatic heterocycles. The third kappa shape index (κ3) is 8.38. The summed E-state index contributed by atoms with van der Waals surface area (Å²) in [5.74, 6) is 0.0365. The van der Waals surface area contributed by atoms with E-state index >= 15 is 0 Å². The number of ether oxygens (including phenoxy) is 2. The quantitative estimate of drug-likeness (QED) is 0.338. The van der Waals surface area contributed by atoms with Gasteiger partial charge in [0.15, 0.2) is 0 Å². The number of piperazine rings is 1. The van der Waals surface area contributed by atoms with Gasteiger partial charge in [0.05, 0.1) is 17.6 Å². The van der Waals surface area contributed by atoms with Crippen LogP contribution in [-0.4, -0.2) is 102 Å². The molecule has 3 heterocycles. The number of hydrogen-bond acceptors (Lipinski definition) is 7. The third-order valence-corrected chi connectivity index (χ3v) is 8.25. The fourth-order valence-electron chi connectivity index (χ4n) is 5.78. The van der Waals surface area contributed by atoms with Crippen molar-refractivity contribution in [3.8, 4) is 0 Å². The van der Waals surface area contributed by atoms with Crippen LogP contribution in [0.5, 0.6) is 0 Å². The van der Waals surface area contributed by atoms with Crippen LogP contribution >= 0.6 is 0 Å². The molecule has 0 saturated carbocycles. The zero-order valence-corrected chi connectivity index (χ0v) is 25.9. The molecule has 2 atom stereocenters. The van der Waals surface area contributed by atoms with Crippen molar-refractivity contribution in [3.63, 3.8) is 0 Å². The van der Waals surface area contributed by atoms with Crippen LogP contribution in [0, 0.1) is 0 Å². The van der Waals surface area contributed by atoms with Gasteiger partial charge >= 0.3 is 17.8 Å². The molecule has 2 aromatic rings. The molecule has 1 aromatic carbocycles. The Bertz CT molecular complexity index is 1280. The average molecular weight is 601 g/mol. The van der Waals surface area contributed by atoms with E-state index in [9.17, 15) is 19.2 Å². The standard InChI is InChI=1S/C31H48N6O6/c1-4-24(33-29(39)37-26-13-6-5-12-25(26)36(23(2)3)30(37)40)11-7-8-15-32-16-10-22-43-31(41)35-19-17-34(18-20-35)28(38)27-14-9-21-42-27/h5-6,12-13,23-24,27,32H,4,7-11,14-22H2,1-3H3,(H,33,39)/t24-,27?/m1/s1. The lowest BCUT2D eigenvalue weighted by Gasteiger charge is -2.35. The van der Waals surface area contributed by atoms with Crippen LogP contribution in [-0.2, 0) is 14.3 Å². The van der Waals surface area contributed by atoms with Crippen molar-refractivity contribution in [3.05, 3.63) is 34.7 Å². The van der Waals surface area contributed by atoms with Crippen LogP contribution in [0.2, 0.25) is 0 Å². The van der Waals surface area contributed by atoms with Crippen molar-refractivity contribution in [2.75, 3.05) is 52.5 Å². The second kappa shape index (κ2) is 15.9. The van der Waals surface area contributed by atoms with Crippen molar-refractivity contribution < 1.29 is 23.9 Å². The molecule has 238 valence electrons. The number of benzene rings is 1. The van der Waals surface area contributed by atoms with Crippen molar-refractivity contribution in [1.82, 2.24) is 29.6 Å². The summed E-state index contributed by atoms with van der Waals surface area (Å²) in [6, 6.07) is 6.94. The summed E-state index contributed by atoms with van der Waals surface area (Å²) in [7, 11) is 0. The maximum absolute atomic E-state index is 13.1. The number of carbonyl (C=O) groups is 3. The lowest BCUT2D eigenvalue weighted by Crippen LogP contribution is -2.53. The second-order valence-electron chi connectivity index (χ2n) is 11.7. The van der Waals surface area contributed by atoms with E-state index in [1.807, 2.05) is 39.0 Å². The predicted molar refractivity (Wildman–Crippen MR) is 164 cm³/mol. The van der Waals surface area contributed by atoms with E-state index in [0.29, 0.717) is 44.9 Å². The zero-order chi connectivity index (χ0) is 30.8. The highest BCUT2D eigenvalue weighted by Gasteiger charge is 2.31. The summed E-state index contributed by atoms with van der Waals surface area (Å²) in [5.41, 5.74) is 1.06. The maximum Gasteiger partial charge on any atom is 0.409 e. The molecule has 2 N–H and O–H groups in total. The van der Waals surface area contributed by atoms with Gasteiger partial charge in [-0.25, -0.2) is 19.0 Å². The summed E-state index contributed by atoms with van der Waals surface area (Å²) in [6.45, 7) is 10.5. The van der Waals surface area contributed by atoms with Crippen molar-refractivity contribution in [2.24, 2.45) is 0 Å². The SMILES string of the molecule is CC[C@H](CCCCNCCCOC(=O)N1CCN(C(=O)C2CCCO2)CC1)NC(=O)n1c(=O)n(C(C)C)c2ccccc21. The number of amides is 3. The van der Waals surface area contributed by atoms with E-state index in [2.05, 4.69) is 10.6 Å². The van der Waals surface area contributed by atoms with E-state index < -0.39 is 0 Å². The minimum Gasteiger partial charge on any atom is -0.449 e. The largest absolute Gasteiger partial charge is 0.449 e. The highest BCUT2D eigenvalue weighted by molar-refractivity contribution is 5.89. The number of hydrogen-bond donors (Lipinski definition) is 2.